The second-order valence-electron chi connectivity index (χ2n) is 4.91. The minimum Gasteiger partial charge on any atom is -0.369 e. The van der Waals surface area contributed by atoms with Gasteiger partial charge in [0.05, 0.1) is 0 Å². The third kappa shape index (κ3) is 4.08. The molecule has 0 aliphatic rings. The summed E-state index contributed by atoms with van der Waals surface area (Å²) in [6.45, 7) is 0.572. The van der Waals surface area contributed by atoms with Gasteiger partial charge in [-0.05, 0) is 24.8 Å². The number of primary amides is 1. The van der Waals surface area contributed by atoms with Crippen molar-refractivity contribution in [2.75, 3.05) is 17.6 Å². The Morgan fingerprint density at radius 2 is 1.95 bits per heavy atom. The summed E-state index contributed by atoms with van der Waals surface area (Å²) in [5.74, 6) is -0.754. The summed E-state index contributed by atoms with van der Waals surface area (Å²) in [6, 6.07) is 10.2. The first-order valence-corrected chi connectivity index (χ1v) is 7.05. The van der Waals surface area contributed by atoms with E-state index >= 15 is 0 Å². The van der Waals surface area contributed by atoms with E-state index in [0.717, 1.165) is 19.3 Å². The van der Waals surface area contributed by atoms with Crippen LogP contribution < -0.4 is 22.3 Å². The van der Waals surface area contributed by atoms with Crippen molar-refractivity contribution in [2.24, 2.45) is 5.73 Å². The molecule has 0 aliphatic carbocycles. The maximum atomic E-state index is 11.7. The lowest BCUT2D eigenvalue weighted by Crippen LogP contribution is -2.28. The van der Waals surface area contributed by atoms with Crippen LogP contribution >= 0.6 is 0 Å². The van der Waals surface area contributed by atoms with Gasteiger partial charge in [0.25, 0.3) is 11.5 Å². The Labute approximate surface area is 127 Å². The molecule has 116 valence electrons. The lowest BCUT2D eigenvalue weighted by Gasteiger charge is -2.09. The average molecular weight is 301 g/mol. The van der Waals surface area contributed by atoms with Crippen LogP contribution in [-0.2, 0) is 6.42 Å². The molecule has 0 fully saturated rings. The van der Waals surface area contributed by atoms with Gasteiger partial charge < -0.3 is 16.8 Å². The zero-order valence-electron chi connectivity index (χ0n) is 12.1. The Bertz CT molecular complexity index is 697. The molecule has 1 heterocycles. The van der Waals surface area contributed by atoms with E-state index in [9.17, 15) is 9.59 Å². The van der Waals surface area contributed by atoms with Gasteiger partial charge in [-0.3, -0.25) is 14.6 Å². The number of rotatable bonds is 7. The quantitative estimate of drug-likeness (QED) is 0.565. The summed E-state index contributed by atoms with van der Waals surface area (Å²) in [5.41, 5.74) is 11.1. The number of amides is 1. The first-order chi connectivity index (χ1) is 10.6. The Kier molecular flexibility index (Phi) is 5.13. The number of nitrogens with two attached hydrogens (primary N) is 2. The molecule has 0 saturated carbocycles. The topological polar surface area (TPSA) is 127 Å². The van der Waals surface area contributed by atoms with Gasteiger partial charge in [-0.25, -0.2) is 0 Å². The molecule has 0 unspecified atom stereocenters. The van der Waals surface area contributed by atoms with E-state index in [1.54, 1.807) is 0 Å². The number of nitrogens with one attached hydrogen (secondary N) is 2. The summed E-state index contributed by atoms with van der Waals surface area (Å²) >= 11 is 0. The molecule has 0 bridgehead atoms. The molecule has 1 aromatic heterocycles. The number of anilines is 2. The molecular weight excluding hydrogens is 282 g/mol. The summed E-state index contributed by atoms with van der Waals surface area (Å²) in [7, 11) is 0. The van der Waals surface area contributed by atoms with Gasteiger partial charge in [-0.15, -0.1) is 0 Å². The van der Waals surface area contributed by atoms with Crippen LogP contribution in [0.3, 0.4) is 0 Å². The Morgan fingerprint density at radius 1 is 1.23 bits per heavy atom. The normalized spacial score (nSPS) is 10.4. The van der Waals surface area contributed by atoms with Crippen molar-refractivity contribution >= 4 is 17.7 Å². The van der Waals surface area contributed by atoms with Gasteiger partial charge in [0, 0.05) is 6.54 Å². The Hall–Kier alpha value is -2.83. The molecule has 22 heavy (non-hydrogen) atoms. The first-order valence-electron chi connectivity index (χ1n) is 7.05. The summed E-state index contributed by atoms with van der Waals surface area (Å²) in [4.78, 5) is 29.1. The fraction of sp³-hybridized carbons (Fsp3) is 0.267. The standard InChI is InChI=1S/C15H19N5O2/c16-12(21)11-13(19-15(17)20-14(11)22)18-9-5-4-8-10-6-2-1-3-7-10/h1-3,6-7H,4-5,8-9H2,(H2,16,21)(H4,17,18,19,20,22). The van der Waals surface area contributed by atoms with Crippen LogP contribution in [0.25, 0.3) is 0 Å². The van der Waals surface area contributed by atoms with Crippen LogP contribution in [0.1, 0.15) is 28.8 Å². The molecule has 6 N–H and O–H groups in total. The summed E-state index contributed by atoms with van der Waals surface area (Å²) in [5, 5.41) is 2.95. The fourth-order valence-corrected chi connectivity index (χ4v) is 2.15. The fourth-order valence-electron chi connectivity index (χ4n) is 2.15. The van der Waals surface area contributed by atoms with Gasteiger partial charge in [0.15, 0.2) is 0 Å². The second kappa shape index (κ2) is 7.26. The number of aromatic amines is 1. The zero-order valence-corrected chi connectivity index (χ0v) is 12.1. The van der Waals surface area contributed by atoms with Gasteiger partial charge >= 0.3 is 0 Å². The number of aromatic nitrogens is 2. The third-order valence-electron chi connectivity index (χ3n) is 3.21. The van der Waals surface area contributed by atoms with Crippen molar-refractivity contribution < 1.29 is 4.79 Å². The molecule has 0 atom stereocenters. The predicted octanol–water partition coefficient (Wildman–Crippen LogP) is 0.886. The monoisotopic (exact) mass is 301 g/mol. The van der Waals surface area contributed by atoms with Crippen LogP contribution in [0.5, 0.6) is 0 Å². The molecule has 7 heteroatoms. The van der Waals surface area contributed by atoms with E-state index in [4.69, 9.17) is 11.5 Å². The zero-order chi connectivity index (χ0) is 15.9. The van der Waals surface area contributed by atoms with Gasteiger partial charge in [-0.2, -0.15) is 4.98 Å². The van der Waals surface area contributed by atoms with Crippen LogP contribution in [0.15, 0.2) is 35.1 Å². The van der Waals surface area contributed by atoms with Crippen molar-refractivity contribution in [1.29, 1.82) is 0 Å². The molecule has 0 spiro atoms. The number of nitrogens with zero attached hydrogens (tertiary/aromatic N) is 1. The number of hydrogen-bond donors (Lipinski definition) is 4. The highest BCUT2D eigenvalue weighted by molar-refractivity contribution is 5.97. The van der Waals surface area contributed by atoms with E-state index in [0.29, 0.717) is 6.54 Å². The van der Waals surface area contributed by atoms with Crippen LogP contribution in [0.4, 0.5) is 11.8 Å². The number of unbranched alkanes of at least 4 members (excludes halogenated alkanes) is 1. The van der Waals surface area contributed by atoms with Crippen molar-refractivity contribution in [2.45, 2.75) is 19.3 Å². The van der Waals surface area contributed by atoms with Gasteiger partial charge in [-0.1, -0.05) is 30.3 Å². The predicted molar refractivity (Wildman–Crippen MR) is 85.7 cm³/mol. The molecule has 0 aliphatic heterocycles. The van der Waals surface area contributed by atoms with Crippen LogP contribution in [0, 0.1) is 0 Å². The SMILES string of the molecule is NC(=O)c1c(NCCCCc2ccccc2)nc(N)[nH]c1=O. The minimum absolute atomic E-state index is 0.0539. The molecule has 0 saturated heterocycles. The second-order valence-corrected chi connectivity index (χ2v) is 4.91. The van der Waals surface area contributed by atoms with E-state index in [1.807, 2.05) is 18.2 Å². The molecule has 0 radical (unpaired) electrons. The van der Waals surface area contributed by atoms with Crippen molar-refractivity contribution in [3.63, 3.8) is 0 Å². The summed E-state index contributed by atoms with van der Waals surface area (Å²) in [6.07, 6.45) is 2.80. The molecule has 7 nitrogen and oxygen atoms in total. The lowest BCUT2D eigenvalue weighted by molar-refractivity contribution is 0.0999. The average Bonchev–Trinajstić information content (AvgIpc) is 2.46. The van der Waals surface area contributed by atoms with E-state index in [1.165, 1.54) is 5.56 Å². The minimum atomic E-state index is -0.833. The Balaban J connectivity index is 1.89. The Morgan fingerprint density at radius 3 is 2.64 bits per heavy atom. The van der Waals surface area contributed by atoms with Crippen molar-refractivity contribution in [3.05, 3.63) is 51.8 Å². The number of benzene rings is 1. The number of nitrogen functional groups attached to an aromatic ring is 1. The van der Waals surface area contributed by atoms with E-state index < -0.39 is 11.5 Å². The molecule has 2 rings (SSSR count). The van der Waals surface area contributed by atoms with E-state index in [-0.39, 0.29) is 17.3 Å². The summed E-state index contributed by atoms with van der Waals surface area (Å²) < 4.78 is 0. The molecule has 1 amide bonds. The van der Waals surface area contributed by atoms with Crippen molar-refractivity contribution in [1.82, 2.24) is 9.97 Å². The third-order valence-corrected chi connectivity index (χ3v) is 3.21. The highest BCUT2D eigenvalue weighted by Gasteiger charge is 2.15. The highest BCUT2D eigenvalue weighted by atomic mass is 16.2. The maximum absolute atomic E-state index is 11.7. The van der Waals surface area contributed by atoms with Crippen molar-refractivity contribution in [3.8, 4) is 0 Å². The van der Waals surface area contributed by atoms with Crippen LogP contribution in [-0.4, -0.2) is 22.4 Å². The first kappa shape index (κ1) is 15.6. The van der Waals surface area contributed by atoms with E-state index in [2.05, 4.69) is 27.4 Å². The highest BCUT2D eigenvalue weighted by Crippen LogP contribution is 2.09. The number of hydrogen-bond acceptors (Lipinski definition) is 5. The smallest absolute Gasteiger partial charge is 0.267 e. The number of H-pyrrole nitrogens is 1. The number of carbonyl (C=O) groups is 1. The van der Waals surface area contributed by atoms with Gasteiger partial charge in [0.2, 0.25) is 5.95 Å². The van der Waals surface area contributed by atoms with Gasteiger partial charge in [0.1, 0.15) is 11.4 Å². The molecular formula is C15H19N5O2. The molecule has 2 aromatic rings. The van der Waals surface area contributed by atoms with Crippen LogP contribution in [0.2, 0.25) is 0 Å². The largest absolute Gasteiger partial charge is 0.369 e. The maximum Gasteiger partial charge on any atom is 0.267 e. The number of carbonyl (C=O) groups excluding carboxylic acids is 1. The molecule has 1 aromatic carbocycles. The lowest BCUT2D eigenvalue weighted by atomic mass is 10.1. The number of aryl methyl sites for hydroxylation is 1.